The lowest BCUT2D eigenvalue weighted by atomic mass is 10.1. The predicted molar refractivity (Wildman–Crippen MR) is 69.1 cm³/mol. The second-order valence-electron chi connectivity index (χ2n) is 3.75. The van der Waals surface area contributed by atoms with Crippen molar-refractivity contribution in [3.05, 3.63) is 66.2 Å². The van der Waals surface area contributed by atoms with Gasteiger partial charge in [-0.25, -0.2) is 0 Å². The van der Waals surface area contributed by atoms with E-state index in [2.05, 4.69) is 0 Å². The van der Waals surface area contributed by atoms with Gasteiger partial charge in [-0.15, -0.1) is 0 Å². The molecular weight excluding hydrogens is 232 g/mol. The summed E-state index contributed by atoms with van der Waals surface area (Å²) in [5.41, 5.74) is 0.803. The Morgan fingerprint density at radius 2 is 1.47 bits per heavy atom. The van der Waals surface area contributed by atoms with Crippen LogP contribution in [0.4, 0.5) is 0 Å². The van der Waals surface area contributed by atoms with Crippen LogP contribution in [0.1, 0.15) is 11.7 Å². The topological polar surface area (TPSA) is 37.3 Å². The number of aliphatic hydroxyl groups excluding tert-OH is 1. The lowest BCUT2D eigenvalue weighted by Gasteiger charge is -2.10. The van der Waals surface area contributed by atoms with E-state index < -0.39 is 16.9 Å². The molecule has 0 fully saturated rings. The molecule has 2 rings (SSSR count). The van der Waals surface area contributed by atoms with Crippen LogP contribution >= 0.6 is 0 Å². The maximum Gasteiger partial charge on any atom is 0.0908 e. The molecule has 2 aromatic carbocycles. The van der Waals surface area contributed by atoms with Crippen molar-refractivity contribution in [2.24, 2.45) is 0 Å². The standard InChI is InChI=1S/C14H14O2S/c15-14(12-7-3-1-4-8-12)11-17(16)13-9-5-2-6-10-13/h1-10,14-15H,11H2/t14-,17-/m0/s1. The van der Waals surface area contributed by atoms with E-state index >= 15 is 0 Å². The molecule has 0 bridgehead atoms. The van der Waals surface area contributed by atoms with Gasteiger partial charge in [0.25, 0.3) is 0 Å². The van der Waals surface area contributed by atoms with Gasteiger partial charge in [-0.05, 0) is 17.7 Å². The molecule has 2 atom stereocenters. The molecule has 0 aromatic heterocycles. The van der Waals surface area contributed by atoms with Crippen LogP contribution in [0.5, 0.6) is 0 Å². The molecule has 0 aliphatic carbocycles. The number of benzene rings is 2. The van der Waals surface area contributed by atoms with Crippen molar-refractivity contribution in [1.82, 2.24) is 0 Å². The minimum atomic E-state index is -1.16. The molecule has 0 saturated heterocycles. The molecule has 3 heteroatoms. The van der Waals surface area contributed by atoms with Gasteiger partial charge < -0.3 is 5.11 Å². The lowest BCUT2D eigenvalue weighted by Crippen LogP contribution is -2.09. The average molecular weight is 246 g/mol. The van der Waals surface area contributed by atoms with Crippen molar-refractivity contribution in [3.63, 3.8) is 0 Å². The minimum Gasteiger partial charge on any atom is -0.387 e. The molecule has 0 radical (unpaired) electrons. The largest absolute Gasteiger partial charge is 0.387 e. The minimum absolute atomic E-state index is 0.230. The molecule has 17 heavy (non-hydrogen) atoms. The van der Waals surface area contributed by atoms with Crippen molar-refractivity contribution >= 4 is 10.8 Å². The zero-order valence-corrected chi connectivity index (χ0v) is 10.1. The van der Waals surface area contributed by atoms with Crippen LogP contribution in [0.2, 0.25) is 0 Å². The normalized spacial score (nSPS) is 14.2. The van der Waals surface area contributed by atoms with Gasteiger partial charge in [0.2, 0.25) is 0 Å². The van der Waals surface area contributed by atoms with Crippen LogP contribution in [-0.2, 0) is 10.8 Å². The zero-order valence-electron chi connectivity index (χ0n) is 9.32. The molecule has 0 saturated carbocycles. The van der Waals surface area contributed by atoms with Gasteiger partial charge in [0, 0.05) is 4.90 Å². The van der Waals surface area contributed by atoms with Gasteiger partial charge >= 0.3 is 0 Å². The summed E-state index contributed by atoms with van der Waals surface area (Å²) in [7, 11) is -1.16. The molecular formula is C14H14O2S. The van der Waals surface area contributed by atoms with Crippen LogP contribution in [0.25, 0.3) is 0 Å². The van der Waals surface area contributed by atoms with Crippen molar-refractivity contribution in [2.45, 2.75) is 11.0 Å². The van der Waals surface area contributed by atoms with E-state index in [9.17, 15) is 9.32 Å². The van der Waals surface area contributed by atoms with Crippen molar-refractivity contribution in [3.8, 4) is 0 Å². The summed E-state index contributed by atoms with van der Waals surface area (Å²) in [6.45, 7) is 0. The van der Waals surface area contributed by atoms with Crippen molar-refractivity contribution in [1.29, 1.82) is 0 Å². The molecule has 0 spiro atoms. The summed E-state index contributed by atoms with van der Waals surface area (Å²) >= 11 is 0. The molecule has 2 nitrogen and oxygen atoms in total. The highest BCUT2D eigenvalue weighted by molar-refractivity contribution is 7.85. The Balaban J connectivity index is 2.05. The SMILES string of the molecule is O=[S@@](C[C@H](O)c1ccccc1)c1ccccc1. The van der Waals surface area contributed by atoms with Gasteiger partial charge in [-0.1, -0.05) is 48.5 Å². The molecule has 0 amide bonds. The third kappa shape index (κ3) is 3.25. The number of aliphatic hydroxyl groups is 1. The fourth-order valence-electron chi connectivity index (χ4n) is 1.58. The van der Waals surface area contributed by atoms with Gasteiger partial charge in [-0.3, -0.25) is 4.21 Å². The van der Waals surface area contributed by atoms with Crippen molar-refractivity contribution < 1.29 is 9.32 Å². The van der Waals surface area contributed by atoms with E-state index in [4.69, 9.17) is 0 Å². The van der Waals surface area contributed by atoms with E-state index in [0.717, 1.165) is 10.5 Å². The lowest BCUT2D eigenvalue weighted by molar-refractivity contribution is 0.203. The Kier molecular flexibility index (Phi) is 4.07. The highest BCUT2D eigenvalue weighted by Crippen LogP contribution is 2.16. The first-order valence-electron chi connectivity index (χ1n) is 5.44. The summed E-state index contributed by atoms with van der Waals surface area (Å²) in [5, 5.41) is 9.96. The van der Waals surface area contributed by atoms with Crippen molar-refractivity contribution in [2.75, 3.05) is 5.75 Å². The van der Waals surface area contributed by atoms with Gasteiger partial charge in [0.15, 0.2) is 0 Å². The summed E-state index contributed by atoms with van der Waals surface area (Å²) in [6.07, 6.45) is -0.683. The molecule has 0 unspecified atom stereocenters. The predicted octanol–water partition coefficient (Wildman–Crippen LogP) is 2.53. The van der Waals surface area contributed by atoms with E-state index in [1.54, 1.807) is 0 Å². The third-order valence-corrected chi connectivity index (χ3v) is 3.92. The highest BCUT2D eigenvalue weighted by Gasteiger charge is 2.12. The van der Waals surface area contributed by atoms with E-state index in [1.165, 1.54) is 0 Å². The van der Waals surface area contributed by atoms with Crippen LogP contribution < -0.4 is 0 Å². The Labute approximate surface area is 103 Å². The summed E-state index contributed by atoms with van der Waals surface area (Å²) < 4.78 is 12.0. The summed E-state index contributed by atoms with van der Waals surface area (Å²) in [6, 6.07) is 18.5. The summed E-state index contributed by atoms with van der Waals surface area (Å²) in [5.74, 6) is 0.230. The quantitative estimate of drug-likeness (QED) is 0.900. The van der Waals surface area contributed by atoms with Crippen LogP contribution in [-0.4, -0.2) is 15.1 Å². The molecule has 0 aliphatic heterocycles. The Morgan fingerprint density at radius 1 is 0.941 bits per heavy atom. The molecule has 2 aromatic rings. The number of hydrogen-bond acceptors (Lipinski definition) is 2. The van der Waals surface area contributed by atoms with Crippen LogP contribution in [0.15, 0.2) is 65.6 Å². The number of rotatable bonds is 4. The highest BCUT2D eigenvalue weighted by atomic mass is 32.2. The Morgan fingerprint density at radius 3 is 2.06 bits per heavy atom. The fraction of sp³-hybridized carbons (Fsp3) is 0.143. The van der Waals surface area contributed by atoms with Gasteiger partial charge in [-0.2, -0.15) is 0 Å². The first-order valence-corrected chi connectivity index (χ1v) is 6.75. The Hall–Kier alpha value is -1.45. The third-order valence-electron chi connectivity index (χ3n) is 2.50. The van der Waals surface area contributed by atoms with Gasteiger partial charge in [0.05, 0.1) is 22.7 Å². The average Bonchev–Trinajstić information content (AvgIpc) is 2.40. The fourth-order valence-corrected chi connectivity index (χ4v) is 2.72. The van der Waals surface area contributed by atoms with Crippen LogP contribution in [0, 0.1) is 0 Å². The molecule has 0 aliphatic rings. The Bertz CT molecular complexity index is 482. The van der Waals surface area contributed by atoms with Crippen LogP contribution in [0.3, 0.4) is 0 Å². The van der Waals surface area contributed by atoms with Gasteiger partial charge in [0.1, 0.15) is 0 Å². The maximum atomic E-state index is 12.0. The van der Waals surface area contributed by atoms with E-state index in [1.807, 2.05) is 60.7 Å². The molecule has 0 heterocycles. The first kappa shape index (κ1) is 12.0. The maximum absolute atomic E-state index is 12.0. The monoisotopic (exact) mass is 246 g/mol. The molecule has 1 N–H and O–H groups in total. The smallest absolute Gasteiger partial charge is 0.0908 e. The second-order valence-corrected chi connectivity index (χ2v) is 5.25. The van der Waals surface area contributed by atoms with E-state index in [0.29, 0.717) is 0 Å². The number of hydrogen-bond donors (Lipinski definition) is 1. The first-order chi connectivity index (χ1) is 8.27. The second kappa shape index (κ2) is 5.75. The van der Waals surface area contributed by atoms with E-state index in [-0.39, 0.29) is 5.75 Å². The summed E-state index contributed by atoms with van der Waals surface area (Å²) in [4.78, 5) is 0.752. The molecule has 88 valence electrons. The zero-order chi connectivity index (χ0) is 12.1.